The lowest BCUT2D eigenvalue weighted by atomic mass is 10.2. The van der Waals surface area contributed by atoms with Crippen molar-refractivity contribution in [1.29, 1.82) is 0 Å². The van der Waals surface area contributed by atoms with Gasteiger partial charge in [-0.1, -0.05) is 24.2 Å². The molecule has 14 heavy (non-hydrogen) atoms. The van der Waals surface area contributed by atoms with E-state index in [0.717, 1.165) is 11.4 Å². The maximum absolute atomic E-state index is 5.66. The maximum Gasteiger partial charge on any atom is 0.0501 e. The molecule has 1 aromatic carbocycles. The van der Waals surface area contributed by atoms with E-state index < -0.39 is 0 Å². The molecule has 0 aliphatic rings. The van der Waals surface area contributed by atoms with Gasteiger partial charge in [-0.15, -0.1) is 0 Å². The van der Waals surface area contributed by atoms with Crippen molar-refractivity contribution in [3.63, 3.8) is 0 Å². The number of benzene rings is 1. The van der Waals surface area contributed by atoms with E-state index in [4.69, 9.17) is 11.6 Å². The molecule has 0 atom stereocenters. The van der Waals surface area contributed by atoms with Gasteiger partial charge in [0.05, 0.1) is 6.54 Å². The van der Waals surface area contributed by atoms with Gasteiger partial charge in [0.15, 0.2) is 0 Å². The van der Waals surface area contributed by atoms with E-state index in [1.54, 1.807) is 0 Å². The number of anilines is 2. The Hall–Kier alpha value is -1.15. The fraction of sp³-hybridized carbons (Fsp3) is 0.273. The number of hydrogen-bond acceptors (Lipinski definition) is 2. The summed E-state index contributed by atoms with van der Waals surface area (Å²) >= 11 is 5.66. The van der Waals surface area contributed by atoms with Crippen molar-refractivity contribution in [2.45, 2.75) is 0 Å². The molecule has 1 aromatic rings. The molecule has 0 bridgehead atoms. The molecule has 0 fully saturated rings. The number of halogens is 1. The van der Waals surface area contributed by atoms with E-state index in [-0.39, 0.29) is 0 Å². The van der Waals surface area contributed by atoms with E-state index in [9.17, 15) is 0 Å². The molecule has 0 aliphatic heterocycles. The molecule has 0 spiro atoms. The smallest absolute Gasteiger partial charge is 0.0501 e. The Morgan fingerprint density at radius 3 is 2.79 bits per heavy atom. The summed E-state index contributed by atoms with van der Waals surface area (Å²) in [5.74, 6) is 0. The molecule has 0 heterocycles. The second-order valence-electron chi connectivity index (χ2n) is 3.32. The second-order valence-corrected chi connectivity index (χ2v) is 3.85. The highest BCUT2D eigenvalue weighted by atomic mass is 35.5. The Kier molecular flexibility index (Phi) is 3.84. The average molecular weight is 211 g/mol. The van der Waals surface area contributed by atoms with Gasteiger partial charge in [0.25, 0.3) is 0 Å². The van der Waals surface area contributed by atoms with Gasteiger partial charge < -0.3 is 10.2 Å². The summed E-state index contributed by atoms with van der Waals surface area (Å²) in [6.45, 7) is 4.22. The molecule has 0 radical (unpaired) electrons. The minimum Gasteiger partial charge on any atom is -0.380 e. The lowest BCUT2D eigenvalue weighted by Crippen LogP contribution is -2.09. The molecule has 0 unspecified atom stereocenters. The van der Waals surface area contributed by atoms with Gasteiger partial charge in [0.1, 0.15) is 0 Å². The van der Waals surface area contributed by atoms with Crippen molar-refractivity contribution in [3.05, 3.63) is 35.9 Å². The van der Waals surface area contributed by atoms with Gasteiger partial charge in [-0.05, 0) is 18.2 Å². The summed E-state index contributed by atoms with van der Waals surface area (Å²) in [5.41, 5.74) is 2.22. The van der Waals surface area contributed by atoms with Crippen molar-refractivity contribution >= 4 is 23.0 Å². The predicted molar refractivity (Wildman–Crippen MR) is 64.3 cm³/mol. The van der Waals surface area contributed by atoms with Crippen LogP contribution < -0.4 is 10.2 Å². The van der Waals surface area contributed by atoms with Crippen molar-refractivity contribution in [2.75, 3.05) is 30.9 Å². The molecule has 76 valence electrons. The monoisotopic (exact) mass is 210 g/mol. The Bertz CT molecular complexity index is 321. The van der Waals surface area contributed by atoms with E-state index in [1.807, 2.05) is 26.2 Å². The fourth-order valence-electron chi connectivity index (χ4n) is 1.09. The standard InChI is InChI=1S/C11H15ClN2/c1-9(12)8-13-10-5-4-6-11(7-10)14(2)3/h4-7,13H,1,8H2,2-3H3. The molecule has 0 aromatic heterocycles. The molecule has 3 heteroatoms. The Labute approximate surface area is 90.2 Å². The first-order valence-electron chi connectivity index (χ1n) is 4.44. The minimum absolute atomic E-state index is 0.596. The zero-order chi connectivity index (χ0) is 10.6. The van der Waals surface area contributed by atoms with Crippen LogP contribution in [0.3, 0.4) is 0 Å². The summed E-state index contributed by atoms with van der Waals surface area (Å²) in [6, 6.07) is 8.14. The third kappa shape index (κ3) is 3.30. The van der Waals surface area contributed by atoms with Crippen LogP contribution in [0.2, 0.25) is 0 Å². The molecule has 0 amide bonds. The van der Waals surface area contributed by atoms with Gasteiger partial charge in [0.2, 0.25) is 0 Å². The molecular formula is C11H15ClN2. The number of nitrogens with one attached hydrogen (secondary N) is 1. The van der Waals surface area contributed by atoms with E-state index in [0.29, 0.717) is 11.6 Å². The molecule has 0 saturated heterocycles. The van der Waals surface area contributed by atoms with Crippen LogP contribution in [0.25, 0.3) is 0 Å². The first-order valence-corrected chi connectivity index (χ1v) is 4.82. The highest BCUT2D eigenvalue weighted by Crippen LogP contribution is 2.17. The quantitative estimate of drug-likeness (QED) is 0.822. The van der Waals surface area contributed by atoms with Crippen molar-refractivity contribution < 1.29 is 0 Å². The lowest BCUT2D eigenvalue weighted by Gasteiger charge is -2.14. The predicted octanol–water partition coefficient (Wildman–Crippen LogP) is 2.92. The van der Waals surface area contributed by atoms with Crippen LogP contribution in [0, 0.1) is 0 Å². The molecule has 1 rings (SSSR count). The van der Waals surface area contributed by atoms with Crippen LogP contribution in [0.15, 0.2) is 35.9 Å². The van der Waals surface area contributed by atoms with Crippen molar-refractivity contribution in [3.8, 4) is 0 Å². The third-order valence-electron chi connectivity index (χ3n) is 1.85. The average Bonchev–Trinajstić information content (AvgIpc) is 2.15. The third-order valence-corrected chi connectivity index (χ3v) is 1.98. The number of rotatable bonds is 4. The van der Waals surface area contributed by atoms with Crippen LogP contribution in [0.1, 0.15) is 0 Å². The van der Waals surface area contributed by atoms with Crippen LogP contribution in [-0.4, -0.2) is 20.6 Å². The van der Waals surface area contributed by atoms with Gasteiger partial charge in [-0.2, -0.15) is 0 Å². The van der Waals surface area contributed by atoms with Crippen LogP contribution in [0.4, 0.5) is 11.4 Å². The molecule has 0 aliphatic carbocycles. The number of hydrogen-bond donors (Lipinski definition) is 1. The molecule has 0 saturated carbocycles. The Morgan fingerprint density at radius 2 is 2.21 bits per heavy atom. The van der Waals surface area contributed by atoms with Crippen molar-refractivity contribution in [1.82, 2.24) is 0 Å². The van der Waals surface area contributed by atoms with Crippen LogP contribution in [-0.2, 0) is 0 Å². The van der Waals surface area contributed by atoms with Crippen LogP contribution >= 0.6 is 11.6 Å². The maximum atomic E-state index is 5.66. The van der Waals surface area contributed by atoms with Gasteiger partial charge in [-0.25, -0.2) is 0 Å². The highest BCUT2D eigenvalue weighted by Gasteiger charge is 1.96. The topological polar surface area (TPSA) is 15.3 Å². The Balaban J connectivity index is 2.68. The lowest BCUT2D eigenvalue weighted by molar-refractivity contribution is 1.13. The summed E-state index contributed by atoms with van der Waals surface area (Å²) in [7, 11) is 4.03. The summed E-state index contributed by atoms with van der Waals surface area (Å²) in [4.78, 5) is 2.06. The van der Waals surface area contributed by atoms with Crippen molar-refractivity contribution in [2.24, 2.45) is 0 Å². The largest absolute Gasteiger partial charge is 0.380 e. The molecule has 1 N–H and O–H groups in total. The highest BCUT2D eigenvalue weighted by molar-refractivity contribution is 6.29. The van der Waals surface area contributed by atoms with Gasteiger partial charge in [-0.3, -0.25) is 0 Å². The normalized spacial score (nSPS) is 9.64. The first-order chi connectivity index (χ1) is 6.59. The zero-order valence-corrected chi connectivity index (χ0v) is 9.30. The molecule has 2 nitrogen and oxygen atoms in total. The van der Waals surface area contributed by atoms with E-state index in [1.165, 1.54) is 0 Å². The SMILES string of the molecule is C=C(Cl)CNc1cccc(N(C)C)c1. The summed E-state index contributed by atoms with van der Waals surface area (Å²) < 4.78 is 0. The van der Waals surface area contributed by atoms with E-state index >= 15 is 0 Å². The first kappa shape index (κ1) is 10.9. The summed E-state index contributed by atoms with van der Waals surface area (Å²) in [6.07, 6.45) is 0. The number of nitrogens with zero attached hydrogens (tertiary/aromatic N) is 1. The fourth-order valence-corrected chi connectivity index (χ4v) is 1.16. The second kappa shape index (κ2) is 4.91. The summed E-state index contributed by atoms with van der Waals surface area (Å²) in [5, 5.41) is 3.79. The van der Waals surface area contributed by atoms with Gasteiger partial charge in [0, 0.05) is 30.5 Å². The van der Waals surface area contributed by atoms with E-state index in [2.05, 4.69) is 28.9 Å². The Morgan fingerprint density at radius 1 is 1.50 bits per heavy atom. The zero-order valence-electron chi connectivity index (χ0n) is 8.55. The van der Waals surface area contributed by atoms with Crippen LogP contribution in [0.5, 0.6) is 0 Å². The molecular weight excluding hydrogens is 196 g/mol. The minimum atomic E-state index is 0.596. The van der Waals surface area contributed by atoms with Gasteiger partial charge >= 0.3 is 0 Å².